The van der Waals surface area contributed by atoms with E-state index >= 15 is 0 Å². The molecular weight excluding hydrogens is 606 g/mol. The number of hydrogen-bond acceptors (Lipinski definition) is 10. The molecule has 0 bridgehead atoms. The van der Waals surface area contributed by atoms with Crippen LogP contribution in [-0.4, -0.2) is 78.8 Å². The Bertz CT molecular complexity index is 1550. The lowest BCUT2D eigenvalue weighted by molar-refractivity contribution is -0.384. The molecule has 0 spiro atoms. The SMILES string of the molecule is COc1ccc(C(=O)CCCN(C)CC2=C(C(=O)OC(=O)c3ccc([N+](=O)[O-])cc3)N3C(=O)[C@H](C(C)C)[C@H]3[C@H]2C)c(Cl)c1OC. The molecular formula is C32H36ClN3O9. The second-order valence-electron chi connectivity index (χ2n) is 11.5. The van der Waals surface area contributed by atoms with Crippen LogP contribution in [0.4, 0.5) is 5.69 Å². The highest BCUT2D eigenvalue weighted by molar-refractivity contribution is 6.35. The molecule has 2 aromatic carbocycles. The van der Waals surface area contributed by atoms with Gasteiger partial charge in [-0.3, -0.25) is 19.7 Å². The van der Waals surface area contributed by atoms with Gasteiger partial charge in [0.25, 0.3) is 5.69 Å². The van der Waals surface area contributed by atoms with Gasteiger partial charge in [0.1, 0.15) is 5.70 Å². The quantitative estimate of drug-likeness (QED) is 0.0737. The average Bonchev–Trinajstić information content (AvgIpc) is 3.23. The zero-order valence-corrected chi connectivity index (χ0v) is 26.8. The molecule has 45 heavy (non-hydrogen) atoms. The van der Waals surface area contributed by atoms with E-state index in [0.717, 1.165) is 12.1 Å². The van der Waals surface area contributed by atoms with Gasteiger partial charge in [-0.05, 0) is 55.8 Å². The van der Waals surface area contributed by atoms with Gasteiger partial charge in [0, 0.05) is 36.6 Å². The Morgan fingerprint density at radius 3 is 2.31 bits per heavy atom. The maximum Gasteiger partial charge on any atom is 0.362 e. The number of methoxy groups -OCH3 is 2. The van der Waals surface area contributed by atoms with Crippen LogP contribution in [0.3, 0.4) is 0 Å². The molecule has 4 rings (SSSR count). The lowest BCUT2D eigenvalue weighted by Gasteiger charge is -2.47. The first-order chi connectivity index (χ1) is 21.3. The first-order valence-electron chi connectivity index (χ1n) is 14.5. The number of likely N-dealkylation sites (N-methyl/N-ethyl adjacent to an activating group) is 1. The summed E-state index contributed by atoms with van der Waals surface area (Å²) in [5.41, 5.74) is 0.789. The van der Waals surface area contributed by atoms with Crippen LogP contribution in [0.5, 0.6) is 11.5 Å². The number of hydrogen-bond donors (Lipinski definition) is 0. The summed E-state index contributed by atoms with van der Waals surface area (Å²) in [4.78, 5) is 66.1. The molecule has 240 valence electrons. The van der Waals surface area contributed by atoms with Crippen molar-refractivity contribution in [2.24, 2.45) is 17.8 Å². The van der Waals surface area contributed by atoms with Gasteiger partial charge >= 0.3 is 11.9 Å². The van der Waals surface area contributed by atoms with E-state index in [1.165, 1.54) is 31.3 Å². The Balaban J connectivity index is 1.48. The lowest BCUT2D eigenvalue weighted by atomic mass is 9.74. The fourth-order valence-corrected chi connectivity index (χ4v) is 6.40. The smallest absolute Gasteiger partial charge is 0.362 e. The number of nitro groups is 1. The predicted molar refractivity (Wildman–Crippen MR) is 164 cm³/mol. The Kier molecular flexibility index (Phi) is 10.3. The molecule has 1 fully saturated rings. The van der Waals surface area contributed by atoms with Crippen molar-refractivity contribution >= 4 is 40.9 Å². The summed E-state index contributed by atoms with van der Waals surface area (Å²) in [7, 11) is 4.77. The third-order valence-corrected chi connectivity index (χ3v) is 8.75. The molecule has 1 amide bonds. The third-order valence-electron chi connectivity index (χ3n) is 8.38. The second kappa shape index (κ2) is 13.8. The molecule has 1 saturated heterocycles. The number of amides is 1. The number of ketones is 1. The molecule has 2 aromatic rings. The van der Waals surface area contributed by atoms with Crippen LogP contribution >= 0.6 is 11.6 Å². The molecule has 0 N–H and O–H groups in total. The van der Waals surface area contributed by atoms with Crippen LogP contribution in [0.2, 0.25) is 5.02 Å². The molecule has 0 aliphatic carbocycles. The van der Waals surface area contributed by atoms with Gasteiger partial charge in [0.05, 0.1) is 41.7 Å². The molecule has 0 unspecified atom stereocenters. The molecule has 2 aliphatic rings. The predicted octanol–water partition coefficient (Wildman–Crippen LogP) is 4.93. The minimum atomic E-state index is -0.980. The number of esters is 2. The van der Waals surface area contributed by atoms with E-state index in [0.29, 0.717) is 36.4 Å². The fourth-order valence-electron chi connectivity index (χ4n) is 6.06. The van der Waals surface area contributed by atoms with Crippen LogP contribution in [0.1, 0.15) is 54.3 Å². The summed E-state index contributed by atoms with van der Waals surface area (Å²) < 4.78 is 15.7. The van der Waals surface area contributed by atoms with Gasteiger partial charge in [0.15, 0.2) is 17.3 Å². The minimum Gasteiger partial charge on any atom is -0.493 e. The first kappa shape index (κ1) is 33.6. The molecule has 2 aliphatic heterocycles. The maximum absolute atomic E-state index is 13.4. The van der Waals surface area contributed by atoms with Crippen LogP contribution in [0.15, 0.2) is 47.7 Å². The van der Waals surface area contributed by atoms with Gasteiger partial charge in [-0.2, -0.15) is 0 Å². The maximum atomic E-state index is 13.4. The van der Waals surface area contributed by atoms with Crippen molar-refractivity contribution in [2.75, 3.05) is 34.4 Å². The third kappa shape index (κ3) is 6.57. The van der Waals surface area contributed by atoms with Crippen LogP contribution < -0.4 is 9.47 Å². The van der Waals surface area contributed by atoms with Crippen LogP contribution in [0.25, 0.3) is 0 Å². The van der Waals surface area contributed by atoms with Gasteiger partial charge in [0.2, 0.25) is 5.91 Å². The summed E-state index contributed by atoms with van der Waals surface area (Å²) in [6.45, 7) is 6.64. The van der Waals surface area contributed by atoms with Crippen molar-refractivity contribution in [3.05, 3.63) is 73.9 Å². The summed E-state index contributed by atoms with van der Waals surface area (Å²) in [6, 6.07) is 7.68. The van der Waals surface area contributed by atoms with E-state index in [2.05, 4.69) is 0 Å². The van der Waals surface area contributed by atoms with Crippen molar-refractivity contribution in [1.29, 1.82) is 0 Å². The fraction of sp³-hybridized carbons (Fsp3) is 0.438. The largest absolute Gasteiger partial charge is 0.493 e. The van der Waals surface area contributed by atoms with E-state index in [-0.39, 0.29) is 69.6 Å². The van der Waals surface area contributed by atoms with E-state index in [1.807, 2.05) is 32.7 Å². The van der Waals surface area contributed by atoms with Crippen LogP contribution in [0, 0.1) is 27.9 Å². The molecule has 3 atom stereocenters. The Morgan fingerprint density at radius 1 is 1.07 bits per heavy atom. The highest BCUT2D eigenvalue weighted by atomic mass is 35.5. The number of carbonyl (C=O) groups is 4. The zero-order valence-electron chi connectivity index (χ0n) is 26.0. The minimum absolute atomic E-state index is 0.0370. The number of nitro benzene ring substituents is 1. The number of nitrogens with zero attached hydrogens (tertiary/aromatic N) is 3. The number of halogens is 1. The van der Waals surface area contributed by atoms with E-state index in [1.54, 1.807) is 12.1 Å². The molecule has 0 radical (unpaired) electrons. The van der Waals surface area contributed by atoms with Gasteiger partial charge in [-0.1, -0.05) is 32.4 Å². The monoisotopic (exact) mass is 641 g/mol. The van der Waals surface area contributed by atoms with E-state index in [4.69, 9.17) is 25.8 Å². The Labute approximate surface area is 266 Å². The molecule has 0 aromatic heterocycles. The van der Waals surface area contributed by atoms with Gasteiger partial charge in [-0.25, -0.2) is 9.59 Å². The average molecular weight is 642 g/mol. The number of non-ortho nitro benzene ring substituents is 1. The number of β-lactam (4-membered cyclic amide) rings is 1. The second-order valence-corrected chi connectivity index (χ2v) is 11.9. The highest BCUT2D eigenvalue weighted by Crippen LogP contribution is 2.49. The number of benzene rings is 2. The molecule has 13 heteroatoms. The van der Waals surface area contributed by atoms with Crippen molar-refractivity contribution in [2.45, 2.75) is 39.7 Å². The Morgan fingerprint density at radius 2 is 1.73 bits per heavy atom. The Hall–Kier alpha value is -4.29. The number of fused-ring (bicyclic) bond motifs is 1. The summed E-state index contributed by atoms with van der Waals surface area (Å²) >= 11 is 6.41. The lowest BCUT2D eigenvalue weighted by Crippen LogP contribution is -2.62. The molecule has 0 saturated carbocycles. The number of rotatable bonds is 13. The van der Waals surface area contributed by atoms with Crippen LogP contribution in [-0.2, 0) is 14.3 Å². The van der Waals surface area contributed by atoms with Gasteiger partial charge < -0.3 is 24.0 Å². The van der Waals surface area contributed by atoms with Crippen molar-refractivity contribution < 1.29 is 38.3 Å². The number of carbonyl (C=O) groups excluding carboxylic acids is 4. The first-order valence-corrected chi connectivity index (χ1v) is 14.9. The molecule has 2 heterocycles. The highest BCUT2D eigenvalue weighted by Gasteiger charge is 2.59. The number of ether oxygens (including phenoxy) is 3. The standard InChI is InChI=1S/C32H36ClN3O9/c1-17(2)25-27-18(3)22(16-34(4)15-7-8-23(37)21-13-14-24(43-5)29(44-6)26(21)33)28(35(27)30(25)38)32(40)45-31(39)19-9-11-20(12-10-19)36(41)42/h9-14,17-18,25,27H,7-8,15-16H2,1-6H3/t18-,25+,27+/m0/s1. The van der Waals surface area contributed by atoms with E-state index in [9.17, 15) is 29.3 Å². The van der Waals surface area contributed by atoms with E-state index < -0.39 is 16.9 Å². The zero-order chi connectivity index (χ0) is 33.2. The number of Topliss-reactive ketones (excluding diaryl/α,β-unsaturated/α-hetero) is 1. The normalized spacial score (nSPS) is 19.0. The summed E-state index contributed by atoms with van der Waals surface area (Å²) in [6.07, 6.45) is 0.691. The molecule has 12 nitrogen and oxygen atoms in total. The summed E-state index contributed by atoms with van der Waals surface area (Å²) in [5.74, 6) is -2.00. The summed E-state index contributed by atoms with van der Waals surface area (Å²) in [5, 5.41) is 11.1. The van der Waals surface area contributed by atoms with Crippen molar-refractivity contribution in [1.82, 2.24) is 9.80 Å². The van der Waals surface area contributed by atoms with Crippen molar-refractivity contribution in [3.8, 4) is 11.5 Å². The topological polar surface area (TPSA) is 146 Å². The van der Waals surface area contributed by atoms with Crippen molar-refractivity contribution in [3.63, 3.8) is 0 Å². The van der Waals surface area contributed by atoms with Gasteiger partial charge in [-0.15, -0.1) is 0 Å².